The summed E-state index contributed by atoms with van der Waals surface area (Å²) in [6, 6.07) is 10.8. The Balaban J connectivity index is 2.13. The number of benzene rings is 1. The highest BCUT2D eigenvalue weighted by molar-refractivity contribution is 5.94. The van der Waals surface area contributed by atoms with E-state index in [-0.39, 0.29) is 30.0 Å². The molecule has 1 aromatic carbocycles. The van der Waals surface area contributed by atoms with Gasteiger partial charge in [0, 0.05) is 26.4 Å². The predicted octanol–water partition coefficient (Wildman–Crippen LogP) is 2.55. The second-order valence-corrected chi connectivity index (χ2v) is 7.19. The summed E-state index contributed by atoms with van der Waals surface area (Å²) in [6.07, 6.45) is 1.42. The normalized spacial score (nSPS) is 11.9. The molecule has 0 saturated carbocycles. The predicted molar refractivity (Wildman–Crippen MR) is 106 cm³/mol. The first-order valence-corrected chi connectivity index (χ1v) is 9.00. The number of likely N-dealkylation sites (N-methyl/N-ethyl adjacent to an activating group) is 1. The van der Waals surface area contributed by atoms with Gasteiger partial charge >= 0.3 is 0 Å². The fourth-order valence-electron chi connectivity index (χ4n) is 2.61. The molecule has 0 unspecified atom stereocenters. The first-order chi connectivity index (χ1) is 12.7. The van der Waals surface area contributed by atoms with Gasteiger partial charge in [0.1, 0.15) is 6.54 Å². The van der Waals surface area contributed by atoms with Crippen LogP contribution in [-0.4, -0.2) is 35.4 Å². The molecule has 0 aliphatic heterocycles. The van der Waals surface area contributed by atoms with Gasteiger partial charge in [-0.15, -0.1) is 0 Å². The molecular weight excluding hydrogens is 342 g/mol. The number of hydrogen-bond acceptors (Lipinski definition) is 3. The standard InChI is InChI=1S/C21H27N3O3/c1-14(2)16-6-8-17(9-7-16)15(3)22-21(27)18-10-11-19(25)24(12-18)13-20(26)23(4)5/h6-12,14-15H,13H2,1-5H3,(H,22,27)/t15-/m0/s1. The summed E-state index contributed by atoms with van der Waals surface area (Å²) < 4.78 is 1.25. The summed E-state index contributed by atoms with van der Waals surface area (Å²) in [5.74, 6) is -0.0513. The molecule has 6 heteroatoms. The van der Waals surface area contributed by atoms with Crippen LogP contribution in [0.25, 0.3) is 0 Å². The van der Waals surface area contributed by atoms with Crippen LogP contribution >= 0.6 is 0 Å². The fraction of sp³-hybridized carbons (Fsp3) is 0.381. The summed E-state index contributed by atoms with van der Waals surface area (Å²) >= 11 is 0. The van der Waals surface area contributed by atoms with E-state index in [1.165, 1.54) is 33.4 Å². The molecule has 2 aromatic rings. The van der Waals surface area contributed by atoms with Crippen molar-refractivity contribution in [2.45, 2.75) is 39.3 Å². The maximum atomic E-state index is 12.6. The monoisotopic (exact) mass is 369 g/mol. The van der Waals surface area contributed by atoms with E-state index in [1.54, 1.807) is 14.1 Å². The Bertz CT molecular complexity index is 867. The van der Waals surface area contributed by atoms with Crippen LogP contribution in [-0.2, 0) is 11.3 Å². The van der Waals surface area contributed by atoms with Gasteiger partial charge in [-0.3, -0.25) is 14.4 Å². The summed E-state index contributed by atoms with van der Waals surface area (Å²) in [5.41, 5.74) is 2.27. The van der Waals surface area contributed by atoms with E-state index in [0.717, 1.165) is 5.56 Å². The van der Waals surface area contributed by atoms with E-state index in [1.807, 2.05) is 19.1 Å². The lowest BCUT2D eigenvalue weighted by Crippen LogP contribution is -2.33. The highest BCUT2D eigenvalue weighted by Crippen LogP contribution is 2.18. The van der Waals surface area contributed by atoms with Crippen molar-refractivity contribution in [2.75, 3.05) is 14.1 Å². The molecule has 0 aliphatic carbocycles. The largest absolute Gasteiger partial charge is 0.347 e. The van der Waals surface area contributed by atoms with Crippen LogP contribution in [0.4, 0.5) is 0 Å². The van der Waals surface area contributed by atoms with Gasteiger partial charge in [0.2, 0.25) is 5.91 Å². The Hall–Kier alpha value is -2.89. The van der Waals surface area contributed by atoms with Crippen molar-refractivity contribution in [3.63, 3.8) is 0 Å². The van der Waals surface area contributed by atoms with Crippen LogP contribution in [0.1, 0.15) is 54.2 Å². The third-order valence-electron chi connectivity index (χ3n) is 4.50. The van der Waals surface area contributed by atoms with Crippen LogP contribution in [0.5, 0.6) is 0 Å². The first-order valence-electron chi connectivity index (χ1n) is 9.00. The molecular formula is C21H27N3O3. The molecule has 1 N–H and O–H groups in total. The van der Waals surface area contributed by atoms with E-state index in [2.05, 4.69) is 31.3 Å². The molecule has 0 saturated heterocycles. The van der Waals surface area contributed by atoms with E-state index in [9.17, 15) is 14.4 Å². The van der Waals surface area contributed by atoms with Crippen LogP contribution in [0, 0.1) is 0 Å². The molecule has 1 atom stereocenters. The Kier molecular flexibility index (Phi) is 6.55. The zero-order valence-corrected chi connectivity index (χ0v) is 16.5. The lowest BCUT2D eigenvalue weighted by atomic mass is 9.99. The van der Waals surface area contributed by atoms with E-state index < -0.39 is 0 Å². The maximum absolute atomic E-state index is 12.6. The van der Waals surface area contributed by atoms with Crippen molar-refractivity contribution >= 4 is 11.8 Å². The Morgan fingerprint density at radius 3 is 2.15 bits per heavy atom. The first kappa shape index (κ1) is 20.4. The molecule has 6 nitrogen and oxygen atoms in total. The van der Waals surface area contributed by atoms with E-state index in [0.29, 0.717) is 11.5 Å². The molecule has 0 spiro atoms. The third-order valence-corrected chi connectivity index (χ3v) is 4.50. The number of nitrogens with zero attached hydrogens (tertiary/aromatic N) is 2. The number of pyridine rings is 1. The Labute approximate surface area is 159 Å². The second kappa shape index (κ2) is 8.66. The average Bonchev–Trinajstić information content (AvgIpc) is 2.63. The zero-order valence-electron chi connectivity index (χ0n) is 16.5. The lowest BCUT2D eigenvalue weighted by Gasteiger charge is -2.16. The number of rotatable bonds is 6. The lowest BCUT2D eigenvalue weighted by molar-refractivity contribution is -0.129. The van der Waals surface area contributed by atoms with Gasteiger partial charge in [-0.05, 0) is 30.0 Å². The van der Waals surface area contributed by atoms with Crippen LogP contribution in [0.2, 0.25) is 0 Å². The number of nitrogens with one attached hydrogen (secondary N) is 1. The minimum atomic E-state index is -0.320. The minimum absolute atomic E-state index is 0.0980. The molecule has 0 bridgehead atoms. The van der Waals surface area contributed by atoms with Crippen LogP contribution < -0.4 is 10.9 Å². The minimum Gasteiger partial charge on any atom is -0.347 e. The average molecular weight is 369 g/mol. The highest BCUT2D eigenvalue weighted by atomic mass is 16.2. The summed E-state index contributed by atoms with van der Waals surface area (Å²) in [5, 5.41) is 2.93. The van der Waals surface area contributed by atoms with Crippen LogP contribution in [0.3, 0.4) is 0 Å². The fourth-order valence-corrected chi connectivity index (χ4v) is 2.61. The van der Waals surface area contributed by atoms with Crippen molar-refractivity contribution in [2.24, 2.45) is 0 Å². The highest BCUT2D eigenvalue weighted by Gasteiger charge is 2.14. The van der Waals surface area contributed by atoms with Crippen molar-refractivity contribution in [3.8, 4) is 0 Å². The van der Waals surface area contributed by atoms with Crippen molar-refractivity contribution < 1.29 is 9.59 Å². The van der Waals surface area contributed by atoms with Crippen molar-refractivity contribution in [3.05, 3.63) is 69.6 Å². The quantitative estimate of drug-likeness (QED) is 0.851. The molecule has 1 heterocycles. The van der Waals surface area contributed by atoms with E-state index >= 15 is 0 Å². The summed E-state index contributed by atoms with van der Waals surface area (Å²) in [7, 11) is 3.24. The topological polar surface area (TPSA) is 71.4 Å². The van der Waals surface area contributed by atoms with E-state index in [4.69, 9.17) is 0 Å². The third kappa shape index (κ3) is 5.29. The number of aromatic nitrogens is 1. The molecule has 1 aromatic heterocycles. The van der Waals surface area contributed by atoms with Crippen molar-refractivity contribution in [1.82, 2.24) is 14.8 Å². The van der Waals surface area contributed by atoms with Gasteiger partial charge in [-0.25, -0.2) is 0 Å². The van der Waals surface area contributed by atoms with Gasteiger partial charge in [-0.2, -0.15) is 0 Å². The van der Waals surface area contributed by atoms with Gasteiger partial charge in [0.15, 0.2) is 0 Å². The molecule has 27 heavy (non-hydrogen) atoms. The smallest absolute Gasteiger partial charge is 0.253 e. The van der Waals surface area contributed by atoms with Gasteiger partial charge in [0.05, 0.1) is 11.6 Å². The number of hydrogen-bond donors (Lipinski definition) is 1. The SMILES string of the molecule is CC(C)c1ccc([C@H](C)NC(=O)c2ccc(=O)n(CC(=O)N(C)C)c2)cc1. The molecule has 0 fully saturated rings. The van der Waals surface area contributed by atoms with Gasteiger partial charge < -0.3 is 14.8 Å². The maximum Gasteiger partial charge on any atom is 0.253 e. The molecule has 2 amide bonds. The van der Waals surface area contributed by atoms with Crippen LogP contribution in [0.15, 0.2) is 47.4 Å². The molecule has 144 valence electrons. The molecule has 0 aliphatic rings. The number of carbonyl (C=O) groups is 2. The van der Waals surface area contributed by atoms with Crippen molar-refractivity contribution in [1.29, 1.82) is 0 Å². The summed E-state index contributed by atoms with van der Waals surface area (Å²) in [4.78, 5) is 37.8. The Morgan fingerprint density at radius 2 is 1.59 bits per heavy atom. The summed E-state index contributed by atoms with van der Waals surface area (Å²) in [6.45, 7) is 6.08. The number of amides is 2. The molecule has 2 rings (SSSR count). The zero-order chi connectivity index (χ0) is 20.1. The Morgan fingerprint density at radius 1 is 1.00 bits per heavy atom. The second-order valence-electron chi connectivity index (χ2n) is 7.19. The molecule has 0 radical (unpaired) electrons. The van der Waals surface area contributed by atoms with Gasteiger partial charge in [-0.1, -0.05) is 38.1 Å². The number of carbonyl (C=O) groups excluding carboxylic acids is 2. The van der Waals surface area contributed by atoms with Gasteiger partial charge in [0.25, 0.3) is 11.5 Å².